The van der Waals surface area contributed by atoms with Crippen molar-refractivity contribution >= 4 is 23.9 Å². The molecular formula is C22H22ClNO5. The second-order valence-corrected chi connectivity index (χ2v) is 7.46. The molecule has 7 heteroatoms. The minimum absolute atomic E-state index is 0. The van der Waals surface area contributed by atoms with Gasteiger partial charge in [-0.15, -0.1) is 12.4 Å². The number of halogens is 1. The second kappa shape index (κ2) is 7.61. The molecule has 0 bridgehead atoms. The van der Waals surface area contributed by atoms with Gasteiger partial charge in [0.25, 0.3) is 0 Å². The van der Waals surface area contributed by atoms with Crippen LogP contribution in [0.2, 0.25) is 0 Å². The van der Waals surface area contributed by atoms with E-state index in [9.17, 15) is 4.79 Å². The van der Waals surface area contributed by atoms with Crippen molar-refractivity contribution in [1.82, 2.24) is 4.90 Å². The van der Waals surface area contributed by atoms with E-state index in [4.69, 9.17) is 19.3 Å². The van der Waals surface area contributed by atoms with Crippen LogP contribution in [0.1, 0.15) is 24.0 Å². The molecule has 5 rings (SSSR count). The van der Waals surface area contributed by atoms with Crippen LogP contribution in [0.25, 0.3) is 5.57 Å². The summed E-state index contributed by atoms with van der Waals surface area (Å²) in [5.41, 5.74) is 2.81. The molecule has 1 N–H and O–H groups in total. The summed E-state index contributed by atoms with van der Waals surface area (Å²) >= 11 is 0. The number of piperidine rings is 1. The summed E-state index contributed by atoms with van der Waals surface area (Å²) in [6.07, 6.45) is 3.72. The van der Waals surface area contributed by atoms with Crippen molar-refractivity contribution < 1.29 is 24.1 Å². The smallest absolute Gasteiger partial charge is 0.317 e. The zero-order valence-corrected chi connectivity index (χ0v) is 16.6. The van der Waals surface area contributed by atoms with Crippen molar-refractivity contribution in [2.75, 3.05) is 26.4 Å². The maximum atomic E-state index is 11.0. The Kier molecular flexibility index (Phi) is 5.15. The molecule has 29 heavy (non-hydrogen) atoms. The first kappa shape index (κ1) is 19.6. The van der Waals surface area contributed by atoms with Gasteiger partial charge in [-0.3, -0.25) is 9.69 Å². The number of carboxylic acids is 1. The minimum atomic E-state index is -0.789. The molecule has 152 valence electrons. The number of nitrogens with zero attached hydrogens (tertiary/aromatic N) is 1. The fourth-order valence-corrected chi connectivity index (χ4v) is 4.20. The Bertz CT molecular complexity index is 965. The standard InChI is InChI=1S/C22H21NO5.ClH/c24-21(25)13-23-9-7-22(8-10-23)12-17(16-3-1-2-4-18(16)28-22)15-5-6-19-20(11-15)27-14-26-19;/h1-6,11-12H,7-10,13-14H2,(H,24,25);1H. The Morgan fingerprint density at radius 3 is 2.59 bits per heavy atom. The predicted molar refractivity (Wildman–Crippen MR) is 110 cm³/mol. The maximum Gasteiger partial charge on any atom is 0.317 e. The average molecular weight is 416 g/mol. The summed E-state index contributed by atoms with van der Waals surface area (Å²) in [5.74, 6) is 1.60. The Labute approximate surface area is 175 Å². The van der Waals surface area contributed by atoms with Gasteiger partial charge in [0.1, 0.15) is 11.4 Å². The Morgan fingerprint density at radius 2 is 1.79 bits per heavy atom. The highest BCUT2D eigenvalue weighted by atomic mass is 35.5. The largest absolute Gasteiger partial charge is 0.482 e. The quantitative estimate of drug-likeness (QED) is 0.826. The monoisotopic (exact) mass is 415 g/mol. The van der Waals surface area contributed by atoms with Crippen molar-refractivity contribution in [3.63, 3.8) is 0 Å². The van der Waals surface area contributed by atoms with E-state index < -0.39 is 11.6 Å². The summed E-state index contributed by atoms with van der Waals surface area (Å²) in [6.45, 7) is 1.71. The molecule has 0 aliphatic carbocycles. The normalized spacial score (nSPS) is 19.0. The molecule has 2 aromatic rings. The molecule has 0 saturated carbocycles. The number of aliphatic carboxylic acids is 1. The van der Waals surface area contributed by atoms with Gasteiger partial charge < -0.3 is 19.3 Å². The molecule has 0 atom stereocenters. The van der Waals surface area contributed by atoms with Gasteiger partial charge in [-0.25, -0.2) is 0 Å². The molecule has 0 aromatic heterocycles. The lowest BCUT2D eigenvalue weighted by molar-refractivity contribution is -0.139. The molecule has 1 spiro atoms. The zero-order chi connectivity index (χ0) is 19.1. The van der Waals surface area contributed by atoms with Crippen LogP contribution in [-0.4, -0.2) is 48.0 Å². The molecule has 3 aliphatic rings. The third-order valence-electron chi connectivity index (χ3n) is 5.64. The van der Waals surface area contributed by atoms with E-state index in [0.717, 1.165) is 46.8 Å². The van der Waals surface area contributed by atoms with E-state index in [1.807, 2.05) is 35.2 Å². The number of benzene rings is 2. The van der Waals surface area contributed by atoms with Crippen molar-refractivity contribution in [3.8, 4) is 17.2 Å². The second-order valence-electron chi connectivity index (χ2n) is 7.46. The summed E-state index contributed by atoms with van der Waals surface area (Å²) < 4.78 is 17.5. The van der Waals surface area contributed by atoms with Crippen molar-refractivity contribution in [2.45, 2.75) is 18.4 Å². The Hall–Kier alpha value is -2.70. The number of carboxylic acid groups (broad SMARTS) is 1. The van der Waals surface area contributed by atoms with E-state index in [2.05, 4.69) is 18.2 Å². The van der Waals surface area contributed by atoms with Crippen LogP contribution in [0, 0.1) is 0 Å². The van der Waals surface area contributed by atoms with Crippen molar-refractivity contribution in [1.29, 1.82) is 0 Å². The van der Waals surface area contributed by atoms with Gasteiger partial charge in [0.15, 0.2) is 11.5 Å². The highest BCUT2D eigenvalue weighted by Crippen LogP contribution is 2.45. The number of para-hydroxylation sites is 1. The first-order valence-corrected chi connectivity index (χ1v) is 9.47. The molecule has 3 heterocycles. The lowest BCUT2D eigenvalue weighted by Gasteiger charge is -2.42. The molecule has 0 unspecified atom stereocenters. The third kappa shape index (κ3) is 3.66. The number of likely N-dealkylation sites (tertiary alicyclic amines) is 1. The van der Waals surface area contributed by atoms with Crippen LogP contribution in [0.3, 0.4) is 0 Å². The van der Waals surface area contributed by atoms with Crippen molar-refractivity contribution in [3.05, 3.63) is 59.7 Å². The van der Waals surface area contributed by atoms with Gasteiger partial charge in [0, 0.05) is 31.5 Å². The van der Waals surface area contributed by atoms with Crippen LogP contribution < -0.4 is 14.2 Å². The van der Waals surface area contributed by atoms with Crippen molar-refractivity contribution in [2.24, 2.45) is 0 Å². The summed E-state index contributed by atoms with van der Waals surface area (Å²) in [7, 11) is 0. The fourth-order valence-electron chi connectivity index (χ4n) is 4.20. The Balaban J connectivity index is 0.00000205. The number of carbonyl (C=O) groups is 1. The summed E-state index contributed by atoms with van der Waals surface area (Å²) in [6, 6.07) is 14.1. The molecule has 0 radical (unpaired) electrons. The van der Waals surface area contributed by atoms with Crippen LogP contribution in [0.5, 0.6) is 17.2 Å². The average Bonchev–Trinajstić information content (AvgIpc) is 3.17. The molecule has 1 saturated heterocycles. The van der Waals surface area contributed by atoms with E-state index in [0.29, 0.717) is 13.1 Å². The molecule has 2 aromatic carbocycles. The first-order chi connectivity index (χ1) is 13.6. The number of ether oxygens (including phenoxy) is 3. The van der Waals surface area contributed by atoms with Gasteiger partial charge in [0.05, 0.1) is 6.54 Å². The topological polar surface area (TPSA) is 68.2 Å². The number of hydrogen-bond acceptors (Lipinski definition) is 5. The first-order valence-electron chi connectivity index (χ1n) is 9.47. The van der Waals surface area contributed by atoms with Gasteiger partial charge in [-0.05, 0) is 35.4 Å². The highest BCUT2D eigenvalue weighted by Gasteiger charge is 2.39. The Morgan fingerprint density at radius 1 is 1.03 bits per heavy atom. The number of rotatable bonds is 3. The molecule has 3 aliphatic heterocycles. The van der Waals surface area contributed by atoms with E-state index in [1.54, 1.807) is 0 Å². The summed E-state index contributed by atoms with van der Waals surface area (Å²) in [5, 5.41) is 9.06. The van der Waals surface area contributed by atoms with Gasteiger partial charge >= 0.3 is 5.97 Å². The number of fused-ring (bicyclic) bond motifs is 2. The van der Waals surface area contributed by atoms with Gasteiger partial charge in [-0.1, -0.05) is 24.3 Å². The third-order valence-corrected chi connectivity index (χ3v) is 5.64. The predicted octanol–water partition coefficient (Wildman–Crippen LogP) is 3.58. The zero-order valence-electron chi connectivity index (χ0n) is 15.8. The van der Waals surface area contributed by atoms with Crippen LogP contribution in [0.15, 0.2) is 48.5 Å². The fraction of sp³-hybridized carbons (Fsp3) is 0.318. The minimum Gasteiger partial charge on any atom is -0.482 e. The summed E-state index contributed by atoms with van der Waals surface area (Å²) in [4.78, 5) is 13.0. The number of hydrogen-bond donors (Lipinski definition) is 1. The molecular weight excluding hydrogens is 394 g/mol. The molecule has 6 nitrogen and oxygen atoms in total. The van der Waals surface area contributed by atoms with Gasteiger partial charge in [-0.2, -0.15) is 0 Å². The van der Waals surface area contributed by atoms with E-state index in [-0.39, 0.29) is 25.7 Å². The van der Waals surface area contributed by atoms with Crippen LogP contribution in [0.4, 0.5) is 0 Å². The van der Waals surface area contributed by atoms with E-state index in [1.165, 1.54) is 0 Å². The van der Waals surface area contributed by atoms with Gasteiger partial charge in [0.2, 0.25) is 6.79 Å². The lowest BCUT2D eigenvalue weighted by Crippen LogP contribution is -2.49. The molecule has 0 amide bonds. The highest BCUT2D eigenvalue weighted by molar-refractivity contribution is 5.86. The van der Waals surface area contributed by atoms with Crippen LogP contribution in [-0.2, 0) is 4.79 Å². The van der Waals surface area contributed by atoms with Crippen LogP contribution >= 0.6 is 12.4 Å². The maximum absolute atomic E-state index is 11.0. The van der Waals surface area contributed by atoms with E-state index >= 15 is 0 Å². The SMILES string of the molecule is Cl.O=C(O)CN1CCC2(C=C(c3ccc4c(c3)OCO4)c3ccccc3O2)CC1. The lowest BCUT2D eigenvalue weighted by atomic mass is 9.83. The molecule has 1 fully saturated rings.